The highest BCUT2D eigenvalue weighted by atomic mass is 19.4. The number of nitrogens with zero attached hydrogens (tertiary/aromatic N) is 1. The fourth-order valence-electron chi connectivity index (χ4n) is 4.32. The molecule has 1 heterocycles. The van der Waals surface area contributed by atoms with Crippen LogP contribution in [-0.2, 0) is 24.1 Å². The summed E-state index contributed by atoms with van der Waals surface area (Å²) < 4.78 is 43.7. The highest BCUT2D eigenvalue weighted by Crippen LogP contribution is 2.40. The molecule has 2 aliphatic carbocycles. The van der Waals surface area contributed by atoms with Crippen LogP contribution in [0.15, 0.2) is 47.9 Å². The normalized spacial score (nSPS) is 26.8. The molecule has 0 bridgehead atoms. The lowest BCUT2D eigenvalue weighted by Gasteiger charge is -2.42. The van der Waals surface area contributed by atoms with Crippen LogP contribution in [-0.4, -0.2) is 53.5 Å². The van der Waals surface area contributed by atoms with E-state index in [1.807, 2.05) is 0 Å². The number of hydrogen-bond acceptors (Lipinski definition) is 10. The minimum atomic E-state index is -5.34. The second kappa shape index (κ2) is 9.15. The van der Waals surface area contributed by atoms with Gasteiger partial charge in [0.25, 0.3) is 0 Å². The number of benzene rings is 1. The summed E-state index contributed by atoms with van der Waals surface area (Å²) in [4.78, 5) is 60.5. The fourth-order valence-corrected chi connectivity index (χ4v) is 4.32. The quantitative estimate of drug-likeness (QED) is 0.457. The minimum absolute atomic E-state index is 0.0568. The van der Waals surface area contributed by atoms with E-state index < -0.39 is 58.9 Å². The molecule has 0 amide bonds. The van der Waals surface area contributed by atoms with Gasteiger partial charge in [-0.05, 0) is 12.0 Å². The number of hydrazine groups is 1. The number of ketones is 2. The molecule has 192 valence electrons. The Kier molecular flexibility index (Phi) is 6.49. The molecule has 1 aromatic rings. The Bertz CT molecular complexity index is 1190. The minimum Gasteiger partial charge on any atom is -0.418 e. The number of fused-ring (bicyclic) bond motifs is 2. The summed E-state index contributed by atoms with van der Waals surface area (Å²) in [5, 5.41) is 1.14. The van der Waals surface area contributed by atoms with E-state index in [2.05, 4.69) is 10.2 Å². The molecule has 3 aliphatic rings. The molecular weight excluding hydrogens is 487 g/mol. The summed E-state index contributed by atoms with van der Waals surface area (Å²) >= 11 is 0. The third-order valence-corrected chi connectivity index (χ3v) is 6.31. The number of nitrogens with two attached hydrogens (primary N) is 1. The van der Waals surface area contributed by atoms with Crippen LogP contribution in [0, 0.1) is 17.8 Å². The highest BCUT2D eigenvalue weighted by molar-refractivity contribution is 6.17. The van der Waals surface area contributed by atoms with Crippen molar-refractivity contribution in [3.05, 3.63) is 59.0 Å². The number of hydrogen-bond donors (Lipinski definition) is 2. The van der Waals surface area contributed by atoms with Gasteiger partial charge in [0.15, 0.2) is 23.0 Å². The second-order valence-electron chi connectivity index (χ2n) is 8.74. The monoisotopic (exact) mass is 509 g/mol. The number of allylic oxidation sites excluding steroid dienone is 3. The maximum Gasteiger partial charge on any atom is 0.491 e. The van der Waals surface area contributed by atoms with E-state index in [1.165, 1.54) is 24.3 Å². The van der Waals surface area contributed by atoms with E-state index in [0.29, 0.717) is 0 Å². The van der Waals surface area contributed by atoms with Gasteiger partial charge in [-0.3, -0.25) is 14.5 Å². The molecule has 1 aliphatic heterocycles. The molecule has 0 radical (unpaired) electrons. The molecule has 0 spiro atoms. The summed E-state index contributed by atoms with van der Waals surface area (Å²) in [7, 11) is 0. The number of alkyl halides is 3. The van der Waals surface area contributed by atoms with Crippen molar-refractivity contribution in [2.45, 2.75) is 25.7 Å². The van der Waals surface area contributed by atoms with Crippen LogP contribution < -0.4 is 11.2 Å². The number of carbonyl (C=O) groups excluding carboxylic acids is 4. The zero-order valence-electron chi connectivity index (χ0n) is 19.1. The molecule has 3 atom stereocenters. The molecule has 1 saturated heterocycles. The summed E-state index contributed by atoms with van der Waals surface area (Å²) in [6, 6.07) is 6.01. The standard InChI is InChI=1S/C23H22F3N3O7/c1-11(2)22(27)20(32)36-34-10-9-29(22)28-17-15(35-21(33)23(24,25)26)8-7-14-16(17)19(31)13-6-4-3-5-12(13)18(14)30/h3-8,11,14,16,28H,9-10,27H2,1-2H3/t14?,16?,22-/m0/s1. The molecule has 1 aromatic carbocycles. The Hall–Kier alpha value is -3.55. The molecule has 1 fully saturated rings. The van der Waals surface area contributed by atoms with Crippen LogP contribution >= 0.6 is 0 Å². The third-order valence-electron chi connectivity index (χ3n) is 6.31. The molecule has 0 aromatic heterocycles. The van der Waals surface area contributed by atoms with E-state index in [1.54, 1.807) is 19.9 Å². The number of halogens is 3. The summed E-state index contributed by atoms with van der Waals surface area (Å²) in [5.74, 6) is -8.34. The van der Waals surface area contributed by atoms with Crippen molar-refractivity contribution in [1.29, 1.82) is 0 Å². The van der Waals surface area contributed by atoms with Crippen molar-refractivity contribution in [2.75, 3.05) is 13.2 Å². The van der Waals surface area contributed by atoms with Gasteiger partial charge in [-0.2, -0.15) is 23.1 Å². The average Bonchev–Trinajstić information content (AvgIpc) is 2.97. The molecule has 10 nitrogen and oxygen atoms in total. The van der Waals surface area contributed by atoms with Gasteiger partial charge >= 0.3 is 18.1 Å². The zero-order valence-corrected chi connectivity index (χ0v) is 19.1. The van der Waals surface area contributed by atoms with Crippen molar-refractivity contribution in [3.8, 4) is 0 Å². The van der Waals surface area contributed by atoms with Gasteiger partial charge in [0.2, 0.25) is 0 Å². The molecule has 2 unspecified atom stereocenters. The Labute approximate surface area is 202 Å². The van der Waals surface area contributed by atoms with Crippen molar-refractivity contribution in [2.24, 2.45) is 23.5 Å². The second-order valence-corrected chi connectivity index (χ2v) is 8.74. The lowest BCUT2D eigenvalue weighted by molar-refractivity contribution is -0.270. The van der Waals surface area contributed by atoms with Gasteiger partial charge in [-0.1, -0.05) is 44.2 Å². The molecule has 0 saturated carbocycles. The van der Waals surface area contributed by atoms with E-state index in [-0.39, 0.29) is 30.0 Å². The van der Waals surface area contributed by atoms with Gasteiger partial charge in [0.05, 0.1) is 17.5 Å². The van der Waals surface area contributed by atoms with Crippen LogP contribution in [0.3, 0.4) is 0 Å². The number of ether oxygens (including phenoxy) is 1. The first kappa shape index (κ1) is 25.5. The third kappa shape index (κ3) is 4.18. The van der Waals surface area contributed by atoms with E-state index in [4.69, 9.17) is 15.5 Å². The van der Waals surface area contributed by atoms with Crippen molar-refractivity contribution >= 4 is 23.5 Å². The average molecular weight is 509 g/mol. The van der Waals surface area contributed by atoms with Gasteiger partial charge < -0.3 is 15.9 Å². The lowest BCUT2D eigenvalue weighted by atomic mass is 9.70. The zero-order chi connectivity index (χ0) is 26.4. The molecule has 36 heavy (non-hydrogen) atoms. The first-order valence-corrected chi connectivity index (χ1v) is 10.9. The predicted octanol–water partition coefficient (Wildman–Crippen LogP) is 1.79. The van der Waals surface area contributed by atoms with Crippen LogP contribution in [0.5, 0.6) is 0 Å². The van der Waals surface area contributed by atoms with Crippen molar-refractivity contribution in [1.82, 2.24) is 10.4 Å². The number of carbonyl (C=O) groups is 4. The number of esters is 1. The first-order valence-electron chi connectivity index (χ1n) is 10.9. The SMILES string of the molecule is CC(C)[C@@]1(N)C(=O)OOCCN1NC1=C(OC(=O)C(F)(F)F)C=CC2C(=O)c3ccccc3C(=O)C12. The van der Waals surface area contributed by atoms with Crippen LogP contribution in [0.4, 0.5) is 13.2 Å². The van der Waals surface area contributed by atoms with E-state index in [0.717, 1.165) is 11.1 Å². The van der Waals surface area contributed by atoms with Gasteiger partial charge in [0, 0.05) is 17.7 Å². The largest absolute Gasteiger partial charge is 0.491 e. The fraction of sp³-hybridized carbons (Fsp3) is 0.391. The van der Waals surface area contributed by atoms with Crippen LogP contribution in [0.2, 0.25) is 0 Å². The van der Waals surface area contributed by atoms with Crippen LogP contribution in [0.1, 0.15) is 34.6 Å². The van der Waals surface area contributed by atoms with E-state index >= 15 is 0 Å². The first-order chi connectivity index (χ1) is 16.9. The maximum atomic E-state index is 13.5. The Morgan fingerprint density at radius 3 is 2.44 bits per heavy atom. The van der Waals surface area contributed by atoms with E-state index in [9.17, 15) is 32.3 Å². The highest BCUT2D eigenvalue weighted by Gasteiger charge is 2.51. The summed E-state index contributed by atoms with van der Waals surface area (Å²) in [6.45, 7) is 2.88. The Balaban J connectivity index is 1.84. The molecule has 4 rings (SSSR count). The molecular formula is C23H22F3N3O7. The topological polar surface area (TPSA) is 137 Å². The van der Waals surface area contributed by atoms with Crippen molar-refractivity contribution in [3.63, 3.8) is 0 Å². The number of nitrogens with one attached hydrogen (secondary N) is 1. The maximum absolute atomic E-state index is 13.5. The lowest BCUT2D eigenvalue weighted by Crippen LogP contribution is -2.69. The van der Waals surface area contributed by atoms with Crippen LogP contribution in [0.25, 0.3) is 0 Å². The Morgan fingerprint density at radius 1 is 1.19 bits per heavy atom. The number of rotatable bonds is 4. The number of Topliss-reactive ketones (excluding diaryl/α,β-unsaturated/α-hetero) is 2. The predicted molar refractivity (Wildman–Crippen MR) is 114 cm³/mol. The van der Waals surface area contributed by atoms with Gasteiger partial charge in [-0.15, -0.1) is 0 Å². The summed E-state index contributed by atoms with van der Waals surface area (Å²) in [6.07, 6.45) is -3.12. The smallest absolute Gasteiger partial charge is 0.418 e. The molecule has 13 heteroatoms. The van der Waals surface area contributed by atoms with Gasteiger partial charge in [-0.25, -0.2) is 9.59 Å². The Morgan fingerprint density at radius 2 is 1.83 bits per heavy atom. The summed E-state index contributed by atoms with van der Waals surface area (Å²) in [5.41, 5.74) is 7.06. The van der Waals surface area contributed by atoms with Crippen molar-refractivity contribution < 1.29 is 46.9 Å². The van der Waals surface area contributed by atoms with Gasteiger partial charge in [0.1, 0.15) is 6.61 Å². The molecule has 3 N–H and O–H groups in total.